The topological polar surface area (TPSA) is 60.2 Å². The lowest BCUT2D eigenvalue weighted by molar-refractivity contribution is 0.398. The van der Waals surface area contributed by atoms with Crippen molar-refractivity contribution in [2.45, 2.75) is 13.5 Å². The molecule has 0 atom stereocenters. The fourth-order valence-electron chi connectivity index (χ4n) is 1.29. The fraction of sp³-hybridized carbons (Fsp3) is 0.273. The molecule has 2 aromatic rings. The zero-order valence-electron chi connectivity index (χ0n) is 9.23. The smallest absolute Gasteiger partial charge is 0.214 e. The fourth-order valence-corrected chi connectivity index (χ4v) is 1.29. The Labute approximate surface area is 93.5 Å². The van der Waals surface area contributed by atoms with Gasteiger partial charge in [0.15, 0.2) is 0 Å². The van der Waals surface area contributed by atoms with Crippen molar-refractivity contribution in [3.63, 3.8) is 0 Å². The molecule has 0 aliphatic carbocycles. The zero-order chi connectivity index (χ0) is 11.4. The number of hydrogen-bond acceptors (Lipinski definition) is 5. The van der Waals surface area contributed by atoms with Crippen molar-refractivity contribution in [1.82, 2.24) is 9.97 Å². The monoisotopic (exact) mass is 219 g/mol. The summed E-state index contributed by atoms with van der Waals surface area (Å²) in [5, 5.41) is 3.17. The summed E-state index contributed by atoms with van der Waals surface area (Å²) < 4.78 is 10.4. The molecule has 16 heavy (non-hydrogen) atoms. The van der Waals surface area contributed by atoms with Crippen molar-refractivity contribution in [2.24, 2.45) is 0 Å². The first kappa shape index (κ1) is 10.5. The van der Waals surface area contributed by atoms with Crippen molar-refractivity contribution in [3.8, 4) is 5.88 Å². The molecular formula is C11H13N3O2. The van der Waals surface area contributed by atoms with Crippen LogP contribution < -0.4 is 10.1 Å². The van der Waals surface area contributed by atoms with Gasteiger partial charge in [-0.2, -0.15) is 0 Å². The number of anilines is 1. The Hall–Kier alpha value is -2.04. The highest BCUT2D eigenvalue weighted by Crippen LogP contribution is 2.14. The molecule has 0 aromatic carbocycles. The van der Waals surface area contributed by atoms with Crippen molar-refractivity contribution in [3.05, 3.63) is 36.2 Å². The quantitative estimate of drug-likeness (QED) is 0.852. The van der Waals surface area contributed by atoms with Gasteiger partial charge in [-0.25, -0.2) is 9.97 Å². The Kier molecular flexibility index (Phi) is 3.05. The first-order valence-electron chi connectivity index (χ1n) is 4.93. The Morgan fingerprint density at radius 1 is 1.44 bits per heavy atom. The Bertz CT molecular complexity index is 468. The van der Waals surface area contributed by atoms with E-state index in [1.54, 1.807) is 19.5 Å². The summed E-state index contributed by atoms with van der Waals surface area (Å²) in [6, 6.07) is 3.67. The van der Waals surface area contributed by atoms with Crippen LogP contribution in [0.4, 0.5) is 5.69 Å². The molecule has 1 N–H and O–H groups in total. The molecule has 0 bridgehead atoms. The van der Waals surface area contributed by atoms with E-state index in [9.17, 15) is 0 Å². The van der Waals surface area contributed by atoms with Crippen molar-refractivity contribution in [2.75, 3.05) is 12.4 Å². The Morgan fingerprint density at radius 3 is 3.00 bits per heavy atom. The van der Waals surface area contributed by atoms with Crippen molar-refractivity contribution >= 4 is 5.69 Å². The molecule has 2 rings (SSSR count). The molecule has 0 saturated carbocycles. The summed E-state index contributed by atoms with van der Waals surface area (Å²) in [4.78, 5) is 8.11. The van der Waals surface area contributed by atoms with Crippen molar-refractivity contribution in [1.29, 1.82) is 0 Å². The second-order valence-electron chi connectivity index (χ2n) is 3.31. The summed E-state index contributed by atoms with van der Waals surface area (Å²) >= 11 is 0. The van der Waals surface area contributed by atoms with E-state index in [0.29, 0.717) is 18.3 Å². The number of rotatable bonds is 4. The van der Waals surface area contributed by atoms with Gasteiger partial charge in [0, 0.05) is 18.0 Å². The predicted octanol–water partition coefficient (Wildman–Crippen LogP) is 2.00. The highest BCUT2D eigenvalue weighted by Gasteiger charge is 2.01. The van der Waals surface area contributed by atoms with Crippen LogP contribution in [0.3, 0.4) is 0 Å². The number of aromatic nitrogens is 2. The van der Waals surface area contributed by atoms with Gasteiger partial charge in [-0.15, -0.1) is 0 Å². The van der Waals surface area contributed by atoms with Gasteiger partial charge in [0.25, 0.3) is 0 Å². The summed E-state index contributed by atoms with van der Waals surface area (Å²) in [6.07, 6.45) is 3.38. The standard InChI is InChI=1S/C11H13N3O2/c1-8-6-14-11(16-8)7-13-9-3-4-12-10(5-9)15-2/h3-6H,7H2,1-2H3,(H,12,13). The third-order valence-electron chi connectivity index (χ3n) is 2.06. The van der Waals surface area contributed by atoms with Crippen LogP contribution >= 0.6 is 0 Å². The molecule has 0 aliphatic heterocycles. The highest BCUT2D eigenvalue weighted by atomic mass is 16.5. The van der Waals surface area contributed by atoms with Crippen LogP contribution in [0, 0.1) is 6.92 Å². The van der Waals surface area contributed by atoms with Crippen LogP contribution in [0.1, 0.15) is 11.7 Å². The van der Waals surface area contributed by atoms with Crippen LogP contribution in [0.25, 0.3) is 0 Å². The Morgan fingerprint density at radius 2 is 2.31 bits per heavy atom. The molecule has 5 heteroatoms. The maximum absolute atomic E-state index is 5.34. The molecule has 5 nitrogen and oxygen atoms in total. The molecule has 0 fully saturated rings. The number of hydrogen-bond donors (Lipinski definition) is 1. The lowest BCUT2D eigenvalue weighted by Crippen LogP contribution is -2.00. The molecule has 0 unspecified atom stereocenters. The Balaban J connectivity index is 1.99. The minimum Gasteiger partial charge on any atom is -0.481 e. The van der Waals surface area contributed by atoms with E-state index < -0.39 is 0 Å². The lowest BCUT2D eigenvalue weighted by Gasteiger charge is -2.04. The molecule has 84 valence electrons. The molecule has 0 amide bonds. The van der Waals surface area contributed by atoms with Gasteiger partial charge < -0.3 is 14.5 Å². The SMILES string of the molecule is COc1cc(NCc2ncc(C)o2)ccn1. The largest absolute Gasteiger partial charge is 0.481 e. The van der Waals surface area contributed by atoms with Crippen LogP contribution in [-0.4, -0.2) is 17.1 Å². The second kappa shape index (κ2) is 4.65. The van der Waals surface area contributed by atoms with E-state index in [1.807, 2.05) is 19.1 Å². The third-order valence-corrected chi connectivity index (χ3v) is 2.06. The average Bonchev–Trinajstić information content (AvgIpc) is 2.73. The molecule has 0 spiro atoms. The molecule has 0 radical (unpaired) electrons. The molecule has 0 saturated heterocycles. The van der Waals surface area contributed by atoms with Crippen LogP contribution in [0.5, 0.6) is 5.88 Å². The van der Waals surface area contributed by atoms with Gasteiger partial charge in [0.05, 0.1) is 19.9 Å². The van der Waals surface area contributed by atoms with E-state index in [-0.39, 0.29) is 0 Å². The molecule has 2 heterocycles. The van der Waals surface area contributed by atoms with Crippen LogP contribution in [-0.2, 0) is 6.54 Å². The maximum atomic E-state index is 5.34. The summed E-state index contributed by atoms with van der Waals surface area (Å²) in [5.41, 5.74) is 0.919. The normalized spacial score (nSPS) is 10.1. The van der Waals surface area contributed by atoms with Crippen LogP contribution in [0.2, 0.25) is 0 Å². The van der Waals surface area contributed by atoms with Gasteiger partial charge in [-0.3, -0.25) is 0 Å². The maximum Gasteiger partial charge on any atom is 0.214 e. The predicted molar refractivity (Wildman–Crippen MR) is 59.4 cm³/mol. The van der Waals surface area contributed by atoms with Crippen molar-refractivity contribution < 1.29 is 9.15 Å². The van der Waals surface area contributed by atoms with E-state index in [1.165, 1.54) is 0 Å². The zero-order valence-corrected chi connectivity index (χ0v) is 9.23. The number of ether oxygens (including phenoxy) is 1. The van der Waals surface area contributed by atoms with Gasteiger partial charge in [-0.1, -0.05) is 0 Å². The number of methoxy groups -OCH3 is 1. The molecular weight excluding hydrogens is 206 g/mol. The third kappa shape index (κ3) is 2.50. The second-order valence-corrected chi connectivity index (χ2v) is 3.31. The average molecular weight is 219 g/mol. The summed E-state index contributed by atoms with van der Waals surface area (Å²) in [6.45, 7) is 2.41. The van der Waals surface area contributed by atoms with Gasteiger partial charge >= 0.3 is 0 Å². The first-order chi connectivity index (χ1) is 7.78. The lowest BCUT2D eigenvalue weighted by atomic mass is 10.4. The van der Waals surface area contributed by atoms with E-state index >= 15 is 0 Å². The molecule has 2 aromatic heterocycles. The van der Waals surface area contributed by atoms with Crippen LogP contribution in [0.15, 0.2) is 28.9 Å². The number of aryl methyl sites for hydroxylation is 1. The van der Waals surface area contributed by atoms with Gasteiger partial charge in [-0.05, 0) is 13.0 Å². The highest BCUT2D eigenvalue weighted by molar-refractivity contribution is 5.44. The first-order valence-corrected chi connectivity index (χ1v) is 4.93. The summed E-state index contributed by atoms with van der Waals surface area (Å²) in [5.74, 6) is 2.05. The minimum absolute atomic E-state index is 0.543. The minimum atomic E-state index is 0.543. The number of pyridine rings is 1. The van der Waals surface area contributed by atoms with E-state index in [0.717, 1.165) is 11.4 Å². The van der Waals surface area contributed by atoms with E-state index in [4.69, 9.17) is 9.15 Å². The number of oxazole rings is 1. The van der Waals surface area contributed by atoms with E-state index in [2.05, 4.69) is 15.3 Å². The van der Waals surface area contributed by atoms with Gasteiger partial charge in [0.2, 0.25) is 11.8 Å². The number of nitrogens with one attached hydrogen (secondary N) is 1. The summed E-state index contributed by atoms with van der Waals surface area (Å²) in [7, 11) is 1.59. The number of nitrogens with zero attached hydrogens (tertiary/aromatic N) is 2. The molecule has 0 aliphatic rings. The van der Waals surface area contributed by atoms with Gasteiger partial charge in [0.1, 0.15) is 5.76 Å².